The van der Waals surface area contributed by atoms with E-state index in [4.69, 9.17) is 14.6 Å². The average Bonchev–Trinajstić information content (AvgIpc) is 2.50. The van der Waals surface area contributed by atoms with Crippen LogP contribution in [-0.4, -0.2) is 63.4 Å². The minimum absolute atomic E-state index is 0.0880. The summed E-state index contributed by atoms with van der Waals surface area (Å²) >= 11 is 0. The van der Waals surface area contributed by atoms with Crippen LogP contribution >= 0.6 is 0 Å². The van der Waals surface area contributed by atoms with E-state index >= 15 is 0 Å². The number of primary sulfonamides is 1. The van der Waals surface area contributed by atoms with Crippen molar-refractivity contribution in [1.82, 2.24) is 4.90 Å². The lowest BCUT2D eigenvalue weighted by Gasteiger charge is -2.42. The zero-order valence-electron chi connectivity index (χ0n) is 13.5. The van der Waals surface area contributed by atoms with Gasteiger partial charge in [-0.05, 0) is 12.1 Å². The third-order valence-electron chi connectivity index (χ3n) is 4.25. The first-order chi connectivity index (χ1) is 11.8. The molecule has 2 heterocycles. The Morgan fingerprint density at radius 3 is 2.72 bits per heavy atom. The molecule has 0 amide bonds. The highest BCUT2D eigenvalue weighted by molar-refractivity contribution is 7.89. The third-order valence-corrected chi connectivity index (χ3v) is 5.21. The molecule has 3 rings (SSSR count). The van der Waals surface area contributed by atoms with Crippen LogP contribution in [0.15, 0.2) is 23.1 Å². The summed E-state index contributed by atoms with van der Waals surface area (Å²) in [7, 11) is -4.16. The zero-order valence-corrected chi connectivity index (χ0v) is 14.3. The third kappa shape index (κ3) is 4.25. The molecule has 2 aliphatic heterocycles. The minimum atomic E-state index is -4.16. The molecule has 2 atom stereocenters. The van der Waals surface area contributed by atoms with Gasteiger partial charge in [-0.3, -0.25) is 15.0 Å². The van der Waals surface area contributed by atoms with Crippen LogP contribution in [0.3, 0.4) is 0 Å². The summed E-state index contributed by atoms with van der Waals surface area (Å²) in [5.41, 5.74) is -0.124. The number of anilines is 1. The molecule has 0 aliphatic carbocycles. The van der Waals surface area contributed by atoms with E-state index in [1.807, 2.05) is 0 Å². The van der Waals surface area contributed by atoms with Gasteiger partial charge in [-0.15, -0.1) is 0 Å². The predicted octanol–water partition coefficient (Wildman–Crippen LogP) is 0.101. The number of hydrogen-bond donors (Lipinski definition) is 2. The number of nitro groups is 1. The number of nitrogens with two attached hydrogens (primary N) is 1. The van der Waals surface area contributed by atoms with Crippen molar-refractivity contribution < 1.29 is 22.8 Å². The molecule has 0 saturated carbocycles. The van der Waals surface area contributed by atoms with E-state index < -0.39 is 25.5 Å². The first kappa shape index (κ1) is 18.0. The van der Waals surface area contributed by atoms with Gasteiger partial charge in [-0.1, -0.05) is 0 Å². The van der Waals surface area contributed by atoms with Gasteiger partial charge in [0.15, 0.2) is 4.90 Å². The number of nitro benzene ring substituents is 1. The Hall–Kier alpha value is -1.79. The molecule has 138 valence electrons. The standard InChI is InChI=1S/C14H20N4O6S/c15-25(21,22)13-2-1-10(7-12(13)18(19)20)16-8-11-9-17(4-6-23-11)14-3-5-24-14/h1-2,7,11,14,16H,3-6,8-9H2,(H2,15,21,22)/t11-,14?/m0/s1. The lowest BCUT2D eigenvalue weighted by molar-refractivity contribution is -0.387. The van der Waals surface area contributed by atoms with Gasteiger partial charge in [0.25, 0.3) is 5.69 Å². The Labute approximate surface area is 145 Å². The molecule has 11 heteroatoms. The van der Waals surface area contributed by atoms with Crippen molar-refractivity contribution in [2.45, 2.75) is 23.6 Å². The van der Waals surface area contributed by atoms with Crippen molar-refractivity contribution in [3.63, 3.8) is 0 Å². The molecule has 1 unspecified atom stereocenters. The van der Waals surface area contributed by atoms with Crippen LogP contribution in [-0.2, 0) is 19.5 Å². The van der Waals surface area contributed by atoms with E-state index in [0.29, 0.717) is 25.4 Å². The van der Waals surface area contributed by atoms with Crippen LogP contribution in [0, 0.1) is 10.1 Å². The van der Waals surface area contributed by atoms with Gasteiger partial charge >= 0.3 is 0 Å². The number of rotatable bonds is 6. The highest BCUT2D eigenvalue weighted by Crippen LogP contribution is 2.26. The van der Waals surface area contributed by atoms with E-state index in [1.54, 1.807) is 0 Å². The molecular formula is C14H20N4O6S. The molecule has 2 saturated heterocycles. The lowest BCUT2D eigenvalue weighted by Crippen LogP contribution is -2.53. The molecular weight excluding hydrogens is 352 g/mol. The van der Waals surface area contributed by atoms with E-state index in [9.17, 15) is 18.5 Å². The highest BCUT2D eigenvalue weighted by atomic mass is 32.2. The Morgan fingerprint density at radius 1 is 1.36 bits per heavy atom. The maximum absolute atomic E-state index is 11.4. The van der Waals surface area contributed by atoms with Crippen molar-refractivity contribution >= 4 is 21.4 Å². The van der Waals surface area contributed by atoms with E-state index in [1.165, 1.54) is 6.07 Å². The molecule has 2 fully saturated rings. The predicted molar refractivity (Wildman–Crippen MR) is 88.6 cm³/mol. The Bertz CT molecular complexity index is 752. The number of nitrogens with zero attached hydrogens (tertiary/aromatic N) is 2. The van der Waals surface area contributed by atoms with Crippen molar-refractivity contribution in [1.29, 1.82) is 0 Å². The van der Waals surface area contributed by atoms with Gasteiger partial charge in [0.1, 0.15) is 6.23 Å². The molecule has 25 heavy (non-hydrogen) atoms. The van der Waals surface area contributed by atoms with Gasteiger partial charge in [0.05, 0.1) is 24.2 Å². The quantitative estimate of drug-likeness (QED) is 0.530. The van der Waals surface area contributed by atoms with E-state index in [0.717, 1.165) is 31.7 Å². The second kappa shape index (κ2) is 7.22. The molecule has 3 N–H and O–H groups in total. The fourth-order valence-electron chi connectivity index (χ4n) is 2.88. The first-order valence-corrected chi connectivity index (χ1v) is 9.41. The highest BCUT2D eigenvalue weighted by Gasteiger charge is 2.31. The lowest BCUT2D eigenvalue weighted by atomic mass is 10.2. The first-order valence-electron chi connectivity index (χ1n) is 7.87. The van der Waals surface area contributed by atoms with Gasteiger partial charge in [0, 0.05) is 37.8 Å². The molecule has 1 aromatic carbocycles. The zero-order chi connectivity index (χ0) is 18.0. The summed E-state index contributed by atoms with van der Waals surface area (Å²) in [6.07, 6.45) is 1.08. The van der Waals surface area contributed by atoms with Gasteiger partial charge in [0.2, 0.25) is 10.0 Å². The fourth-order valence-corrected chi connectivity index (χ4v) is 3.56. The Kier molecular flexibility index (Phi) is 5.20. The molecule has 1 aromatic rings. The SMILES string of the molecule is NS(=O)(=O)c1ccc(NC[C@H]2CN(C3CCO3)CCO2)cc1[N+](=O)[O-]. The number of hydrogen-bond acceptors (Lipinski definition) is 8. The summed E-state index contributed by atoms with van der Waals surface area (Å²) < 4.78 is 34.0. The summed E-state index contributed by atoms with van der Waals surface area (Å²) in [6.45, 7) is 3.33. The van der Waals surface area contributed by atoms with Crippen molar-refractivity contribution in [3.8, 4) is 0 Å². The molecule has 0 aromatic heterocycles. The largest absolute Gasteiger partial charge is 0.382 e. The van der Waals surface area contributed by atoms with Crippen LogP contribution in [0.25, 0.3) is 0 Å². The van der Waals surface area contributed by atoms with Crippen molar-refractivity contribution in [2.75, 3.05) is 38.2 Å². The van der Waals surface area contributed by atoms with E-state index in [2.05, 4.69) is 10.2 Å². The van der Waals surface area contributed by atoms with Crippen LogP contribution in [0.1, 0.15) is 6.42 Å². The fraction of sp³-hybridized carbons (Fsp3) is 0.571. The number of sulfonamides is 1. The molecule has 0 bridgehead atoms. The number of benzene rings is 1. The maximum atomic E-state index is 11.4. The van der Waals surface area contributed by atoms with Crippen LogP contribution in [0.4, 0.5) is 11.4 Å². The number of morpholine rings is 1. The Morgan fingerprint density at radius 2 is 2.12 bits per heavy atom. The van der Waals surface area contributed by atoms with Gasteiger partial charge in [-0.2, -0.15) is 0 Å². The van der Waals surface area contributed by atoms with Crippen molar-refractivity contribution in [3.05, 3.63) is 28.3 Å². The molecule has 0 radical (unpaired) electrons. The number of ether oxygens (including phenoxy) is 2. The summed E-state index contributed by atoms with van der Waals surface area (Å²) in [5, 5.41) is 19.2. The second-order valence-electron chi connectivity index (χ2n) is 5.97. The normalized spacial score (nSPS) is 24.5. The van der Waals surface area contributed by atoms with Crippen LogP contribution < -0.4 is 10.5 Å². The summed E-state index contributed by atoms with van der Waals surface area (Å²) in [5.74, 6) is 0. The van der Waals surface area contributed by atoms with Crippen molar-refractivity contribution in [2.24, 2.45) is 5.14 Å². The van der Waals surface area contributed by atoms with Crippen LogP contribution in [0.2, 0.25) is 0 Å². The second-order valence-corrected chi connectivity index (χ2v) is 7.50. The average molecular weight is 372 g/mol. The van der Waals surface area contributed by atoms with Crippen LogP contribution in [0.5, 0.6) is 0 Å². The van der Waals surface area contributed by atoms with E-state index in [-0.39, 0.29) is 12.3 Å². The minimum Gasteiger partial charge on any atom is -0.382 e. The summed E-state index contributed by atoms with van der Waals surface area (Å²) in [6, 6.07) is 3.74. The molecule has 2 aliphatic rings. The monoisotopic (exact) mass is 372 g/mol. The number of nitrogens with one attached hydrogen (secondary N) is 1. The summed E-state index contributed by atoms with van der Waals surface area (Å²) in [4.78, 5) is 12.0. The molecule has 0 spiro atoms. The maximum Gasteiger partial charge on any atom is 0.291 e. The van der Waals surface area contributed by atoms with Gasteiger partial charge < -0.3 is 14.8 Å². The van der Waals surface area contributed by atoms with Gasteiger partial charge in [-0.25, -0.2) is 13.6 Å². The Balaban J connectivity index is 1.64. The topological polar surface area (TPSA) is 137 Å². The molecule has 10 nitrogen and oxygen atoms in total. The smallest absolute Gasteiger partial charge is 0.291 e.